The fourth-order valence-electron chi connectivity index (χ4n) is 3.68. The highest BCUT2D eigenvalue weighted by molar-refractivity contribution is 9.10. The Morgan fingerprint density at radius 2 is 2.00 bits per heavy atom. The van der Waals surface area contributed by atoms with Crippen molar-refractivity contribution in [1.29, 1.82) is 5.26 Å². The highest BCUT2D eigenvalue weighted by Crippen LogP contribution is 2.33. The molecule has 1 aromatic heterocycles. The third kappa shape index (κ3) is 4.10. The molecule has 1 saturated heterocycles. The first kappa shape index (κ1) is 21.2. The molecule has 0 saturated carbocycles. The average Bonchev–Trinajstić information content (AvgIpc) is 2.63. The molecule has 1 aliphatic heterocycles. The van der Waals surface area contributed by atoms with Gasteiger partial charge in [0.05, 0.1) is 11.2 Å². The molecule has 8 heteroatoms. The van der Waals surface area contributed by atoms with Gasteiger partial charge in [0.1, 0.15) is 17.2 Å². The van der Waals surface area contributed by atoms with Crippen LogP contribution in [-0.2, 0) is 11.8 Å². The van der Waals surface area contributed by atoms with Gasteiger partial charge < -0.3 is 19.1 Å². The van der Waals surface area contributed by atoms with Crippen LogP contribution in [-0.4, -0.2) is 46.8 Å². The van der Waals surface area contributed by atoms with Crippen molar-refractivity contribution in [2.45, 2.75) is 39.3 Å². The molecule has 29 heavy (non-hydrogen) atoms. The number of carbonyl (C=O) groups excluding carboxylic acids is 1. The van der Waals surface area contributed by atoms with Crippen LogP contribution >= 0.6 is 15.9 Å². The standard InChI is InChI=1S/C21H25BrN4O3/c1-13-12-25(20(28)29-21(2,3)4)8-9-26(13)18-15-10-14(22)6-7-17(15)24(5)19(27)16(18)11-23/h6-7,10,13H,8-9,12H2,1-5H3. The van der Waals surface area contributed by atoms with Crippen LogP contribution in [0.3, 0.4) is 0 Å². The Morgan fingerprint density at radius 3 is 2.59 bits per heavy atom. The zero-order chi connectivity index (χ0) is 21.5. The summed E-state index contributed by atoms with van der Waals surface area (Å²) in [7, 11) is 1.67. The van der Waals surface area contributed by atoms with Crippen molar-refractivity contribution in [3.8, 4) is 6.07 Å². The van der Waals surface area contributed by atoms with Crippen molar-refractivity contribution in [2.24, 2.45) is 7.05 Å². The molecule has 0 bridgehead atoms. The molecule has 2 aromatic rings. The van der Waals surface area contributed by atoms with E-state index < -0.39 is 5.60 Å². The highest BCUT2D eigenvalue weighted by atomic mass is 79.9. The maximum absolute atomic E-state index is 12.8. The van der Waals surface area contributed by atoms with Crippen LogP contribution < -0.4 is 10.5 Å². The highest BCUT2D eigenvalue weighted by Gasteiger charge is 2.32. The van der Waals surface area contributed by atoms with Gasteiger partial charge in [0.2, 0.25) is 0 Å². The number of hydrogen-bond donors (Lipinski definition) is 0. The van der Waals surface area contributed by atoms with Crippen molar-refractivity contribution < 1.29 is 9.53 Å². The second kappa shape index (κ2) is 7.71. The summed E-state index contributed by atoms with van der Waals surface area (Å²) in [5, 5.41) is 10.6. The van der Waals surface area contributed by atoms with Gasteiger partial charge in [0.15, 0.2) is 0 Å². The lowest BCUT2D eigenvalue weighted by atomic mass is 10.0. The number of aromatic nitrogens is 1. The molecule has 154 valence electrons. The predicted octanol–water partition coefficient (Wildman–Crippen LogP) is 3.62. The Kier molecular flexibility index (Phi) is 5.63. The molecule has 1 amide bonds. The van der Waals surface area contributed by atoms with E-state index in [1.807, 2.05) is 45.9 Å². The molecule has 1 aliphatic rings. The minimum atomic E-state index is -0.556. The summed E-state index contributed by atoms with van der Waals surface area (Å²) in [4.78, 5) is 29.0. The molecule has 1 atom stereocenters. The lowest BCUT2D eigenvalue weighted by molar-refractivity contribution is 0.0219. The lowest BCUT2D eigenvalue weighted by Gasteiger charge is -2.42. The minimum Gasteiger partial charge on any atom is -0.444 e. The van der Waals surface area contributed by atoms with Gasteiger partial charge in [-0.15, -0.1) is 0 Å². The van der Waals surface area contributed by atoms with E-state index in [-0.39, 0.29) is 23.3 Å². The molecule has 7 nitrogen and oxygen atoms in total. The number of nitrogens with zero attached hydrogens (tertiary/aromatic N) is 4. The SMILES string of the molecule is CC1CN(C(=O)OC(C)(C)C)CCN1c1c(C#N)c(=O)n(C)c2ccc(Br)cc12. The van der Waals surface area contributed by atoms with E-state index in [2.05, 4.69) is 26.9 Å². The second-order valence-corrected chi connectivity index (χ2v) is 9.25. The number of nitriles is 1. The number of ether oxygens (including phenoxy) is 1. The number of rotatable bonds is 1. The molecular weight excluding hydrogens is 436 g/mol. The Balaban J connectivity index is 2.03. The molecule has 2 heterocycles. The van der Waals surface area contributed by atoms with Crippen LogP contribution in [0.1, 0.15) is 33.3 Å². The van der Waals surface area contributed by atoms with E-state index in [4.69, 9.17) is 4.74 Å². The van der Waals surface area contributed by atoms with Crippen LogP contribution in [0.25, 0.3) is 10.9 Å². The summed E-state index contributed by atoms with van der Waals surface area (Å²) >= 11 is 3.49. The predicted molar refractivity (Wildman–Crippen MR) is 116 cm³/mol. The van der Waals surface area contributed by atoms with Gasteiger partial charge >= 0.3 is 6.09 Å². The first-order chi connectivity index (χ1) is 13.5. The van der Waals surface area contributed by atoms with Gasteiger partial charge in [-0.1, -0.05) is 15.9 Å². The number of halogens is 1. The summed E-state index contributed by atoms with van der Waals surface area (Å²) in [6.07, 6.45) is -0.346. The summed E-state index contributed by atoms with van der Waals surface area (Å²) in [5.74, 6) is 0. The van der Waals surface area contributed by atoms with Crippen molar-refractivity contribution in [2.75, 3.05) is 24.5 Å². The van der Waals surface area contributed by atoms with Gasteiger partial charge in [-0.2, -0.15) is 5.26 Å². The fraction of sp³-hybridized carbons (Fsp3) is 0.476. The summed E-state index contributed by atoms with van der Waals surface area (Å²) in [5.41, 5.74) is 0.631. The number of amides is 1. The normalized spacial score (nSPS) is 17.3. The Morgan fingerprint density at radius 1 is 1.31 bits per heavy atom. The van der Waals surface area contributed by atoms with Crippen LogP contribution in [0.4, 0.5) is 10.5 Å². The number of benzene rings is 1. The Bertz CT molecular complexity index is 1060. The van der Waals surface area contributed by atoms with Gasteiger partial charge in [0, 0.05) is 42.6 Å². The zero-order valence-corrected chi connectivity index (χ0v) is 18.9. The summed E-state index contributed by atoms with van der Waals surface area (Å²) in [6, 6.07) is 7.69. The third-order valence-corrected chi connectivity index (χ3v) is 5.50. The monoisotopic (exact) mass is 460 g/mol. The number of aryl methyl sites for hydroxylation is 1. The third-order valence-electron chi connectivity index (χ3n) is 5.01. The number of anilines is 1. The van der Waals surface area contributed by atoms with Crippen LogP contribution in [0.5, 0.6) is 0 Å². The molecule has 1 aromatic carbocycles. The van der Waals surface area contributed by atoms with E-state index in [0.717, 1.165) is 15.4 Å². The van der Waals surface area contributed by atoms with Crippen molar-refractivity contribution in [1.82, 2.24) is 9.47 Å². The largest absolute Gasteiger partial charge is 0.444 e. The molecule has 0 N–H and O–H groups in total. The van der Waals surface area contributed by atoms with Gasteiger partial charge in [0.25, 0.3) is 5.56 Å². The lowest BCUT2D eigenvalue weighted by Crippen LogP contribution is -2.55. The van der Waals surface area contributed by atoms with E-state index in [0.29, 0.717) is 25.3 Å². The average molecular weight is 461 g/mol. The maximum Gasteiger partial charge on any atom is 0.410 e. The molecular formula is C21H25BrN4O3. The van der Waals surface area contributed by atoms with Crippen molar-refractivity contribution >= 4 is 38.6 Å². The number of fused-ring (bicyclic) bond motifs is 1. The zero-order valence-electron chi connectivity index (χ0n) is 17.3. The Labute approximate surface area is 178 Å². The van der Waals surface area contributed by atoms with Crippen LogP contribution in [0.15, 0.2) is 27.5 Å². The topological polar surface area (TPSA) is 78.6 Å². The summed E-state index contributed by atoms with van der Waals surface area (Å²) < 4.78 is 7.86. The van der Waals surface area contributed by atoms with E-state index in [9.17, 15) is 14.9 Å². The molecule has 0 aliphatic carbocycles. The second-order valence-electron chi connectivity index (χ2n) is 8.33. The molecule has 0 spiro atoms. The number of pyridine rings is 1. The van der Waals surface area contributed by atoms with Gasteiger partial charge in [-0.3, -0.25) is 4.79 Å². The fourth-order valence-corrected chi connectivity index (χ4v) is 4.05. The van der Waals surface area contributed by atoms with E-state index in [1.165, 1.54) is 4.57 Å². The molecule has 0 radical (unpaired) electrons. The van der Waals surface area contributed by atoms with Crippen LogP contribution in [0.2, 0.25) is 0 Å². The molecule has 3 rings (SSSR count). The van der Waals surface area contributed by atoms with E-state index >= 15 is 0 Å². The van der Waals surface area contributed by atoms with Crippen molar-refractivity contribution in [3.05, 3.63) is 38.6 Å². The minimum absolute atomic E-state index is 0.0855. The van der Waals surface area contributed by atoms with Gasteiger partial charge in [-0.05, 0) is 45.9 Å². The molecule has 1 unspecified atom stereocenters. The Hall–Kier alpha value is -2.53. The number of hydrogen-bond acceptors (Lipinski definition) is 5. The van der Waals surface area contributed by atoms with Crippen molar-refractivity contribution in [3.63, 3.8) is 0 Å². The summed E-state index contributed by atoms with van der Waals surface area (Å²) in [6.45, 7) is 8.91. The number of piperazine rings is 1. The molecule has 1 fully saturated rings. The first-order valence-electron chi connectivity index (χ1n) is 9.50. The first-order valence-corrected chi connectivity index (χ1v) is 10.3. The smallest absolute Gasteiger partial charge is 0.410 e. The maximum atomic E-state index is 12.8. The van der Waals surface area contributed by atoms with Crippen LogP contribution in [0, 0.1) is 11.3 Å². The van der Waals surface area contributed by atoms with E-state index in [1.54, 1.807) is 11.9 Å². The van der Waals surface area contributed by atoms with Gasteiger partial charge in [-0.25, -0.2) is 4.79 Å². The quantitative estimate of drug-likeness (QED) is 0.649. The number of carbonyl (C=O) groups is 1.